The molecule has 2 heterocycles. The summed E-state index contributed by atoms with van der Waals surface area (Å²) in [6.07, 6.45) is 0. The second-order valence-corrected chi connectivity index (χ2v) is 6.02. The summed E-state index contributed by atoms with van der Waals surface area (Å²) in [5.41, 5.74) is 1.46. The first-order valence-corrected chi connectivity index (χ1v) is 7.89. The molecule has 1 amide bonds. The zero-order valence-electron chi connectivity index (χ0n) is 12.6. The molecule has 0 radical (unpaired) electrons. The highest BCUT2D eigenvalue weighted by Gasteiger charge is 2.39. The maximum Gasteiger partial charge on any atom is 0.234 e. The molecule has 0 bridgehead atoms. The number of phenols is 1. The number of hydrogen-bond donors (Lipinski definition) is 3. The summed E-state index contributed by atoms with van der Waals surface area (Å²) in [6.45, 7) is 6.25. The highest BCUT2D eigenvalue weighted by atomic mass is 32.1. The van der Waals surface area contributed by atoms with Crippen LogP contribution in [0.15, 0.2) is 36.5 Å². The molecule has 0 unspecified atom stereocenters. The van der Waals surface area contributed by atoms with Crippen LogP contribution in [0.5, 0.6) is 5.75 Å². The number of rotatable bonds is 2. The molecule has 1 aromatic rings. The summed E-state index contributed by atoms with van der Waals surface area (Å²) in [5, 5.41) is 16.0. The average Bonchev–Trinajstić information content (AvgIpc) is 2.55. The first-order valence-electron chi connectivity index (χ1n) is 7.48. The normalized spacial score (nSPS) is 24.8. The van der Waals surface area contributed by atoms with E-state index in [1.54, 1.807) is 29.2 Å². The molecule has 23 heavy (non-hydrogen) atoms. The largest absolute Gasteiger partial charge is 0.508 e. The first kappa shape index (κ1) is 15.8. The number of aromatic hydroxyl groups is 1. The zero-order chi connectivity index (χ0) is 16.4. The standard InChI is InChI=1S/C16H19N3O3S/c1-10-13(15(21)19-6-8-22-9-7-19)14(18-16(23)17-10)11-2-4-12(20)5-3-11/h2-5,13-14,20H,1,6-9H2,(H2,17,18,23)/t13-,14-/m1/s1. The molecule has 2 fully saturated rings. The number of phenolic OH excluding ortho intramolecular Hbond substituents is 1. The van der Waals surface area contributed by atoms with Crippen LogP contribution >= 0.6 is 12.2 Å². The lowest BCUT2D eigenvalue weighted by Crippen LogP contribution is -2.55. The maximum absolute atomic E-state index is 13.0. The van der Waals surface area contributed by atoms with Crippen LogP contribution in [0, 0.1) is 5.92 Å². The molecular formula is C16H19N3O3S. The molecular weight excluding hydrogens is 314 g/mol. The van der Waals surface area contributed by atoms with Gasteiger partial charge in [-0.1, -0.05) is 18.7 Å². The summed E-state index contributed by atoms with van der Waals surface area (Å²) >= 11 is 5.20. The predicted molar refractivity (Wildman–Crippen MR) is 89.7 cm³/mol. The maximum atomic E-state index is 13.0. The fourth-order valence-electron chi connectivity index (χ4n) is 2.91. The average molecular weight is 333 g/mol. The molecule has 1 aromatic carbocycles. The van der Waals surface area contributed by atoms with Crippen molar-refractivity contribution in [1.29, 1.82) is 0 Å². The number of benzene rings is 1. The van der Waals surface area contributed by atoms with Gasteiger partial charge in [-0.15, -0.1) is 0 Å². The van der Waals surface area contributed by atoms with E-state index in [4.69, 9.17) is 17.0 Å². The van der Waals surface area contributed by atoms with Crippen LogP contribution < -0.4 is 10.6 Å². The quantitative estimate of drug-likeness (QED) is 0.699. The van der Waals surface area contributed by atoms with E-state index in [0.717, 1.165) is 5.56 Å². The molecule has 2 aliphatic heterocycles. The van der Waals surface area contributed by atoms with Crippen molar-refractivity contribution in [2.45, 2.75) is 6.04 Å². The monoisotopic (exact) mass is 333 g/mol. The Kier molecular flexibility index (Phi) is 4.49. The van der Waals surface area contributed by atoms with E-state index in [9.17, 15) is 9.90 Å². The van der Waals surface area contributed by atoms with E-state index in [1.165, 1.54) is 0 Å². The minimum atomic E-state index is -0.468. The molecule has 0 saturated carbocycles. The van der Waals surface area contributed by atoms with Crippen molar-refractivity contribution in [1.82, 2.24) is 15.5 Å². The van der Waals surface area contributed by atoms with Gasteiger partial charge in [-0.2, -0.15) is 0 Å². The Morgan fingerprint density at radius 3 is 2.61 bits per heavy atom. The molecule has 2 atom stereocenters. The fraction of sp³-hybridized carbons (Fsp3) is 0.375. The number of morpholine rings is 1. The van der Waals surface area contributed by atoms with Crippen LogP contribution in [0.2, 0.25) is 0 Å². The van der Waals surface area contributed by atoms with Crippen LogP contribution in [-0.4, -0.2) is 47.3 Å². The summed E-state index contributed by atoms with van der Waals surface area (Å²) in [6, 6.07) is 6.45. The molecule has 0 aromatic heterocycles. The van der Waals surface area contributed by atoms with Gasteiger partial charge in [0, 0.05) is 18.8 Å². The van der Waals surface area contributed by atoms with Gasteiger partial charge >= 0.3 is 0 Å². The van der Waals surface area contributed by atoms with Crippen molar-refractivity contribution in [3.63, 3.8) is 0 Å². The smallest absolute Gasteiger partial charge is 0.234 e. The summed E-state index contributed by atoms with van der Waals surface area (Å²) in [4.78, 5) is 14.8. The lowest BCUT2D eigenvalue weighted by atomic mass is 9.87. The number of ether oxygens (including phenoxy) is 1. The van der Waals surface area contributed by atoms with Gasteiger partial charge in [0.25, 0.3) is 0 Å². The van der Waals surface area contributed by atoms with E-state index >= 15 is 0 Å². The Labute approximate surface area is 140 Å². The number of nitrogens with one attached hydrogen (secondary N) is 2. The van der Waals surface area contributed by atoms with Crippen LogP contribution in [-0.2, 0) is 9.53 Å². The molecule has 122 valence electrons. The van der Waals surface area contributed by atoms with Crippen molar-refractivity contribution in [3.05, 3.63) is 42.1 Å². The highest BCUT2D eigenvalue weighted by molar-refractivity contribution is 7.80. The van der Waals surface area contributed by atoms with Crippen molar-refractivity contribution in [3.8, 4) is 5.75 Å². The third kappa shape index (κ3) is 3.30. The van der Waals surface area contributed by atoms with Gasteiger partial charge in [0.05, 0.1) is 19.3 Å². The van der Waals surface area contributed by atoms with Crippen LogP contribution in [0.3, 0.4) is 0 Å². The SMILES string of the molecule is C=C1NC(=S)N[C@H](c2ccc(O)cc2)[C@@H]1C(=O)N1CCOCC1. The van der Waals surface area contributed by atoms with Crippen LogP contribution in [0.1, 0.15) is 11.6 Å². The van der Waals surface area contributed by atoms with E-state index in [0.29, 0.717) is 37.1 Å². The minimum Gasteiger partial charge on any atom is -0.508 e. The second kappa shape index (κ2) is 6.55. The van der Waals surface area contributed by atoms with Gasteiger partial charge in [-0.3, -0.25) is 4.79 Å². The topological polar surface area (TPSA) is 73.8 Å². The molecule has 2 aliphatic rings. The van der Waals surface area contributed by atoms with Gasteiger partial charge in [-0.25, -0.2) is 0 Å². The molecule has 7 heteroatoms. The fourth-order valence-corrected chi connectivity index (χ4v) is 3.17. The van der Waals surface area contributed by atoms with E-state index in [1.807, 2.05) is 0 Å². The third-order valence-electron chi connectivity index (χ3n) is 4.11. The molecule has 3 rings (SSSR count). The Bertz CT molecular complexity index is 626. The molecule has 0 aliphatic carbocycles. The number of amides is 1. The molecule has 6 nitrogen and oxygen atoms in total. The van der Waals surface area contributed by atoms with E-state index in [-0.39, 0.29) is 17.7 Å². The number of carbonyl (C=O) groups excluding carboxylic acids is 1. The van der Waals surface area contributed by atoms with Crippen LogP contribution in [0.4, 0.5) is 0 Å². The lowest BCUT2D eigenvalue weighted by molar-refractivity contribution is -0.139. The van der Waals surface area contributed by atoms with Crippen molar-refractivity contribution in [2.24, 2.45) is 5.92 Å². The molecule has 2 saturated heterocycles. The van der Waals surface area contributed by atoms with E-state index in [2.05, 4.69) is 17.2 Å². The van der Waals surface area contributed by atoms with Crippen molar-refractivity contribution in [2.75, 3.05) is 26.3 Å². The van der Waals surface area contributed by atoms with Crippen molar-refractivity contribution < 1.29 is 14.6 Å². The van der Waals surface area contributed by atoms with Crippen molar-refractivity contribution >= 4 is 23.2 Å². The zero-order valence-corrected chi connectivity index (χ0v) is 13.4. The number of carbonyl (C=O) groups is 1. The van der Waals surface area contributed by atoms with Gasteiger partial charge < -0.3 is 25.4 Å². The number of nitrogens with zero attached hydrogens (tertiary/aromatic N) is 1. The first-order chi connectivity index (χ1) is 11.1. The van der Waals surface area contributed by atoms with Crippen LogP contribution in [0.25, 0.3) is 0 Å². The Hall–Kier alpha value is -2.12. The molecule has 0 spiro atoms. The number of hydrogen-bond acceptors (Lipinski definition) is 4. The third-order valence-corrected chi connectivity index (χ3v) is 4.33. The van der Waals surface area contributed by atoms with Gasteiger partial charge in [-0.05, 0) is 29.9 Å². The summed E-state index contributed by atoms with van der Waals surface area (Å²) < 4.78 is 5.31. The Morgan fingerprint density at radius 1 is 1.30 bits per heavy atom. The van der Waals surface area contributed by atoms with Gasteiger partial charge in [0.2, 0.25) is 5.91 Å². The lowest BCUT2D eigenvalue weighted by Gasteiger charge is -2.39. The Balaban J connectivity index is 1.89. The number of thiocarbonyl (C=S) groups is 1. The second-order valence-electron chi connectivity index (χ2n) is 5.61. The predicted octanol–water partition coefficient (Wildman–Crippen LogP) is 0.900. The highest BCUT2D eigenvalue weighted by Crippen LogP contribution is 2.31. The van der Waals surface area contributed by atoms with Gasteiger partial charge in [0.15, 0.2) is 5.11 Å². The molecule has 3 N–H and O–H groups in total. The Morgan fingerprint density at radius 2 is 1.96 bits per heavy atom. The van der Waals surface area contributed by atoms with E-state index < -0.39 is 5.92 Å². The van der Waals surface area contributed by atoms with Gasteiger partial charge in [0.1, 0.15) is 11.7 Å². The summed E-state index contributed by atoms with van der Waals surface area (Å²) in [5.74, 6) is -0.289. The minimum absolute atomic E-state index is 0.00104. The summed E-state index contributed by atoms with van der Waals surface area (Å²) in [7, 11) is 0.